The fraction of sp³-hybridized carbons (Fsp3) is 0.381. The summed E-state index contributed by atoms with van der Waals surface area (Å²) in [6.07, 6.45) is 0.804. The molecule has 0 aliphatic carbocycles. The average Bonchev–Trinajstić information content (AvgIpc) is 2.68. The van der Waals surface area contributed by atoms with E-state index >= 15 is 0 Å². The molecule has 0 bridgehead atoms. The van der Waals surface area contributed by atoms with E-state index in [4.69, 9.17) is 16.3 Å². The monoisotopic (exact) mass is 388 g/mol. The molecular formula is C21H22ClFN2O2. The van der Waals surface area contributed by atoms with Crippen molar-refractivity contribution >= 4 is 17.5 Å². The molecule has 0 radical (unpaired) electrons. The Balaban J connectivity index is 1.62. The van der Waals surface area contributed by atoms with Crippen LogP contribution in [-0.2, 0) is 17.7 Å². The van der Waals surface area contributed by atoms with Crippen molar-refractivity contribution in [2.24, 2.45) is 0 Å². The van der Waals surface area contributed by atoms with Gasteiger partial charge >= 0.3 is 0 Å². The molecule has 2 aliphatic rings. The first-order chi connectivity index (χ1) is 13.1. The standard InChI is InChI=1S/C21H22ClFN2O2/c22-20-12-17(23)5-6-19(20)21(26)25-13-16-4-2-1-3-15(16)11-18(25)14-24-7-9-27-10-8-24/h1-6,12,18H,7-11,13-14H2/t18-/m0/s1. The van der Waals surface area contributed by atoms with E-state index in [1.807, 2.05) is 17.0 Å². The van der Waals surface area contributed by atoms with Crippen LogP contribution in [0.4, 0.5) is 4.39 Å². The van der Waals surface area contributed by atoms with Crippen LogP contribution in [0.25, 0.3) is 0 Å². The molecule has 0 saturated carbocycles. The number of amides is 1. The number of ether oxygens (including phenoxy) is 1. The second kappa shape index (κ2) is 7.97. The van der Waals surface area contributed by atoms with E-state index in [-0.39, 0.29) is 17.0 Å². The Morgan fingerprint density at radius 2 is 1.89 bits per heavy atom. The van der Waals surface area contributed by atoms with Crippen molar-refractivity contribution in [3.8, 4) is 0 Å². The first-order valence-electron chi connectivity index (χ1n) is 9.25. The van der Waals surface area contributed by atoms with Gasteiger partial charge in [0.2, 0.25) is 0 Å². The van der Waals surface area contributed by atoms with Crippen molar-refractivity contribution in [2.45, 2.75) is 19.0 Å². The maximum atomic E-state index is 13.4. The summed E-state index contributed by atoms with van der Waals surface area (Å²) in [4.78, 5) is 17.5. The zero-order chi connectivity index (χ0) is 18.8. The van der Waals surface area contributed by atoms with Crippen molar-refractivity contribution in [1.82, 2.24) is 9.80 Å². The molecule has 0 aromatic heterocycles. The summed E-state index contributed by atoms with van der Waals surface area (Å²) in [6, 6.07) is 12.2. The number of benzene rings is 2. The number of rotatable bonds is 3. The molecule has 2 aromatic rings. The van der Waals surface area contributed by atoms with Gasteiger partial charge in [0.05, 0.1) is 23.8 Å². The summed E-state index contributed by atoms with van der Waals surface area (Å²) in [5, 5.41) is 0.156. The molecule has 2 heterocycles. The molecule has 0 spiro atoms. The Hall–Kier alpha value is -1.95. The lowest BCUT2D eigenvalue weighted by Crippen LogP contribution is -2.52. The smallest absolute Gasteiger partial charge is 0.255 e. The lowest BCUT2D eigenvalue weighted by Gasteiger charge is -2.40. The zero-order valence-corrected chi connectivity index (χ0v) is 15.8. The maximum Gasteiger partial charge on any atom is 0.255 e. The third-order valence-electron chi connectivity index (χ3n) is 5.35. The fourth-order valence-corrected chi connectivity index (χ4v) is 4.14. The summed E-state index contributed by atoms with van der Waals surface area (Å²) < 4.78 is 18.8. The van der Waals surface area contributed by atoms with Gasteiger partial charge in [-0.25, -0.2) is 4.39 Å². The third kappa shape index (κ3) is 4.00. The molecule has 4 nitrogen and oxygen atoms in total. The lowest BCUT2D eigenvalue weighted by atomic mass is 9.93. The van der Waals surface area contributed by atoms with Crippen LogP contribution in [0.1, 0.15) is 21.5 Å². The van der Waals surface area contributed by atoms with Crippen LogP contribution in [0.2, 0.25) is 5.02 Å². The van der Waals surface area contributed by atoms with Crippen LogP contribution in [0.15, 0.2) is 42.5 Å². The molecular weight excluding hydrogens is 367 g/mol. The molecule has 2 aliphatic heterocycles. The molecule has 6 heteroatoms. The van der Waals surface area contributed by atoms with Crippen molar-refractivity contribution < 1.29 is 13.9 Å². The number of halogens is 2. The minimum Gasteiger partial charge on any atom is -0.379 e. The van der Waals surface area contributed by atoms with Crippen molar-refractivity contribution in [1.29, 1.82) is 0 Å². The van der Waals surface area contributed by atoms with Gasteiger partial charge in [-0.3, -0.25) is 9.69 Å². The molecule has 2 aromatic carbocycles. The predicted octanol–water partition coefficient (Wildman–Crippen LogP) is 3.38. The van der Waals surface area contributed by atoms with E-state index in [9.17, 15) is 9.18 Å². The Kier molecular flexibility index (Phi) is 5.43. The third-order valence-corrected chi connectivity index (χ3v) is 5.66. The van der Waals surface area contributed by atoms with E-state index in [1.165, 1.54) is 23.8 Å². The summed E-state index contributed by atoms with van der Waals surface area (Å²) in [7, 11) is 0. The first kappa shape index (κ1) is 18.4. The Bertz CT molecular complexity index is 839. The second-order valence-electron chi connectivity index (χ2n) is 7.10. The van der Waals surface area contributed by atoms with Gasteiger partial charge in [0.15, 0.2) is 0 Å². The molecule has 0 unspecified atom stereocenters. The Morgan fingerprint density at radius 3 is 2.63 bits per heavy atom. The highest BCUT2D eigenvalue weighted by molar-refractivity contribution is 6.33. The van der Waals surface area contributed by atoms with Gasteiger partial charge in [-0.1, -0.05) is 35.9 Å². The van der Waals surface area contributed by atoms with Gasteiger partial charge in [0.1, 0.15) is 5.82 Å². The summed E-state index contributed by atoms with van der Waals surface area (Å²) in [6.45, 7) is 4.52. The molecule has 1 saturated heterocycles. The number of carbonyl (C=O) groups excluding carboxylic acids is 1. The van der Waals surface area contributed by atoms with Gasteiger partial charge in [-0.15, -0.1) is 0 Å². The molecule has 142 valence electrons. The molecule has 1 amide bonds. The van der Waals surface area contributed by atoms with E-state index in [2.05, 4.69) is 17.0 Å². The lowest BCUT2D eigenvalue weighted by molar-refractivity contribution is 0.0193. The van der Waals surface area contributed by atoms with Crippen molar-refractivity contribution in [2.75, 3.05) is 32.8 Å². The minimum absolute atomic E-state index is 0.0478. The van der Waals surface area contributed by atoms with Crippen LogP contribution >= 0.6 is 11.6 Å². The van der Waals surface area contributed by atoms with Crippen LogP contribution in [0.3, 0.4) is 0 Å². The summed E-state index contributed by atoms with van der Waals surface area (Å²) in [5.74, 6) is -0.585. The molecule has 27 heavy (non-hydrogen) atoms. The van der Waals surface area contributed by atoms with Gasteiger partial charge in [0.25, 0.3) is 5.91 Å². The second-order valence-corrected chi connectivity index (χ2v) is 7.50. The number of carbonyl (C=O) groups is 1. The van der Waals surface area contributed by atoms with E-state index in [1.54, 1.807) is 0 Å². The summed E-state index contributed by atoms with van der Waals surface area (Å²) >= 11 is 6.17. The first-order valence-corrected chi connectivity index (χ1v) is 9.62. The number of hydrogen-bond donors (Lipinski definition) is 0. The maximum absolute atomic E-state index is 13.4. The number of fused-ring (bicyclic) bond motifs is 1. The highest BCUT2D eigenvalue weighted by atomic mass is 35.5. The van der Waals surface area contributed by atoms with E-state index < -0.39 is 5.82 Å². The quantitative estimate of drug-likeness (QED) is 0.808. The highest BCUT2D eigenvalue weighted by Crippen LogP contribution is 2.28. The van der Waals surface area contributed by atoms with Crippen LogP contribution in [0.5, 0.6) is 0 Å². The Morgan fingerprint density at radius 1 is 1.15 bits per heavy atom. The number of morpholine rings is 1. The predicted molar refractivity (Wildman–Crippen MR) is 102 cm³/mol. The minimum atomic E-state index is -0.439. The Labute approximate surface area is 163 Å². The largest absolute Gasteiger partial charge is 0.379 e. The van der Waals surface area contributed by atoms with Gasteiger partial charge in [0, 0.05) is 32.2 Å². The van der Waals surface area contributed by atoms with Gasteiger partial charge < -0.3 is 9.64 Å². The van der Waals surface area contributed by atoms with Crippen molar-refractivity contribution in [3.63, 3.8) is 0 Å². The normalized spacial score (nSPS) is 20.4. The number of hydrogen-bond acceptors (Lipinski definition) is 3. The molecule has 4 rings (SSSR count). The van der Waals surface area contributed by atoms with Crippen LogP contribution < -0.4 is 0 Å². The van der Waals surface area contributed by atoms with Gasteiger partial charge in [-0.05, 0) is 35.7 Å². The highest BCUT2D eigenvalue weighted by Gasteiger charge is 2.32. The van der Waals surface area contributed by atoms with Gasteiger partial charge in [-0.2, -0.15) is 0 Å². The zero-order valence-electron chi connectivity index (χ0n) is 15.0. The van der Waals surface area contributed by atoms with E-state index in [0.717, 1.165) is 44.8 Å². The topological polar surface area (TPSA) is 32.8 Å². The SMILES string of the molecule is O=C(c1ccc(F)cc1Cl)N1Cc2ccccc2C[C@H]1CN1CCOCC1. The molecule has 1 fully saturated rings. The van der Waals surface area contributed by atoms with Crippen LogP contribution in [-0.4, -0.2) is 54.6 Å². The number of nitrogens with zero attached hydrogens (tertiary/aromatic N) is 2. The van der Waals surface area contributed by atoms with E-state index in [0.29, 0.717) is 12.1 Å². The summed E-state index contributed by atoms with van der Waals surface area (Å²) in [5.41, 5.74) is 2.79. The molecule has 1 atom stereocenters. The van der Waals surface area contributed by atoms with Crippen LogP contribution in [0, 0.1) is 5.82 Å². The fourth-order valence-electron chi connectivity index (χ4n) is 3.89. The van der Waals surface area contributed by atoms with Crippen molar-refractivity contribution in [3.05, 3.63) is 70.0 Å². The molecule has 0 N–H and O–H groups in total. The average molecular weight is 389 g/mol.